The van der Waals surface area contributed by atoms with Gasteiger partial charge in [0.1, 0.15) is 5.75 Å². The smallest absolute Gasteiger partial charge is 0.306 e. The first kappa shape index (κ1) is 21.5. The molecule has 1 aromatic rings. The molecule has 7 heteroatoms. The molecule has 0 fully saturated rings. The molecule has 2 amide bonds. The van der Waals surface area contributed by atoms with Gasteiger partial charge in [0, 0.05) is 6.42 Å². The lowest BCUT2D eigenvalue weighted by molar-refractivity contribution is -0.139. The van der Waals surface area contributed by atoms with Gasteiger partial charge < -0.3 is 20.5 Å². The summed E-state index contributed by atoms with van der Waals surface area (Å²) in [7, 11) is 1.51. The van der Waals surface area contributed by atoms with E-state index >= 15 is 0 Å². The second kappa shape index (κ2) is 8.69. The summed E-state index contributed by atoms with van der Waals surface area (Å²) in [5, 5.41) is 14.5. The maximum atomic E-state index is 12.3. The molecule has 0 aliphatic carbocycles. The number of aliphatic carboxylic acids is 1. The van der Waals surface area contributed by atoms with Gasteiger partial charge in [0.15, 0.2) is 0 Å². The monoisotopic (exact) mass is 364 g/mol. The van der Waals surface area contributed by atoms with Gasteiger partial charge in [-0.2, -0.15) is 0 Å². The van der Waals surface area contributed by atoms with Crippen LogP contribution in [0.2, 0.25) is 0 Å². The predicted octanol–water partition coefficient (Wildman–Crippen LogP) is 2.05. The molecule has 1 unspecified atom stereocenters. The maximum Gasteiger partial charge on any atom is 0.306 e. The van der Waals surface area contributed by atoms with Crippen LogP contribution in [0.5, 0.6) is 5.75 Å². The van der Waals surface area contributed by atoms with Gasteiger partial charge in [0.05, 0.1) is 25.6 Å². The summed E-state index contributed by atoms with van der Waals surface area (Å²) in [5.74, 6) is -1.17. The van der Waals surface area contributed by atoms with Crippen molar-refractivity contribution in [1.29, 1.82) is 0 Å². The van der Waals surface area contributed by atoms with Crippen LogP contribution in [0, 0.1) is 5.41 Å². The molecule has 0 aromatic heterocycles. The molecule has 26 heavy (non-hydrogen) atoms. The van der Waals surface area contributed by atoms with Crippen LogP contribution in [0.4, 0.5) is 0 Å². The van der Waals surface area contributed by atoms with Crippen LogP contribution in [0.1, 0.15) is 46.1 Å². The standard InChI is InChI=1S/C19H28N2O5/c1-18(2,3)10-15(22)20-12-16(23)21-19(4,11-17(24)25)13-7-6-8-14(9-13)26-5/h6-9H,10-12H2,1-5H3,(H,20,22)(H,21,23)(H,24,25). The van der Waals surface area contributed by atoms with Gasteiger partial charge in [-0.3, -0.25) is 14.4 Å². The van der Waals surface area contributed by atoms with E-state index in [2.05, 4.69) is 10.6 Å². The van der Waals surface area contributed by atoms with Crippen LogP contribution in [-0.2, 0) is 19.9 Å². The largest absolute Gasteiger partial charge is 0.497 e. The third-order valence-corrected chi connectivity index (χ3v) is 3.76. The van der Waals surface area contributed by atoms with Crippen molar-refractivity contribution in [3.63, 3.8) is 0 Å². The normalized spacial score (nSPS) is 13.4. The topological polar surface area (TPSA) is 105 Å². The lowest BCUT2D eigenvalue weighted by Gasteiger charge is -2.30. The SMILES string of the molecule is COc1cccc(C(C)(CC(=O)O)NC(=O)CNC(=O)CC(C)(C)C)c1. The van der Waals surface area contributed by atoms with Crippen molar-refractivity contribution < 1.29 is 24.2 Å². The minimum atomic E-state index is -1.13. The van der Waals surface area contributed by atoms with Crippen LogP contribution >= 0.6 is 0 Å². The first-order valence-corrected chi connectivity index (χ1v) is 8.39. The molecule has 0 aliphatic rings. The molecule has 7 nitrogen and oxygen atoms in total. The van der Waals surface area contributed by atoms with Gasteiger partial charge in [-0.1, -0.05) is 32.9 Å². The fourth-order valence-corrected chi connectivity index (χ4v) is 2.56. The number of carbonyl (C=O) groups excluding carboxylic acids is 2. The van der Waals surface area contributed by atoms with E-state index in [1.807, 2.05) is 20.8 Å². The molecule has 0 saturated carbocycles. The number of hydrogen-bond acceptors (Lipinski definition) is 4. The summed E-state index contributed by atoms with van der Waals surface area (Å²) < 4.78 is 5.17. The van der Waals surface area contributed by atoms with Crippen LogP contribution in [0.3, 0.4) is 0 Å². The van der Waals surface area contributed by atoms with Gasteiger partial charge in [-0.05, 0) is 30.0 Å². The van der Waals surface area contributed by atoms with E-state index in [0.717, 1.165) is 0 Å². The van der Waals surface area contributed by atoms with Crippen molar-refractivity contribution in [3.8, 4) is 5.75 Å². The number of rotatable bonds is 8. The van der Waals surface area contributed by atoms with Crippen LogP contribution < -0.4 is 15.4 Å². The van der Waals surface area contributed by atoms with Crippen molar-refractivity contribution in [3.05, 3.63) is 29.8 Å². The number of hydrogen-bond donors (Lipinski definition) is 3. The van der Waals surface area contributed by atoms with E-state index in [9.17, 15) is 19.5 Å². The Kier molecular flexibility index (Phi) is 7.18. The van der Waals surface area contributed by atoms with Gasteiger partial charge in [0.25, 0.3) is 0 Å². The first-order chi connectivity index (χ1) is 11.9. The number of nitrogens with one attached hydrogen (secondary N) is 2. The summed E-state index contributed by atoms with van der Waals surface area (Å²) in [6, 6.07) is 6.87. The van der Waals surface area contributed by atoms with Gasteiger partial charge in [-0.25, -0.2) is 0 Å². The van der Waals surface area contributed by atoms with Gasteiger partial charge >= 0.3 is 5.97 Å². The minimum Gasteiger partial charge on any atom is -0.497 e. The molecule has 0 radical (unpaired) electrons. The third kappa shape index (κ3) is 7.13. The number of ether oxygens (including phenoxy) is 1. The van der Waals surface area contributed by atoms with Crippen LogP contribution in [0.15, 0.2) is 24.3 Å². The zero-order valence-corrected chi connectivity index (χ0v) is 16.0. The lowest BCUT2D eigenvalue weighted by Crippen LogP contribution is -2.48. The molecule has 1 aromatic carbocycles. The molecule has 0 aliphatic heterocycles. The minimum absolute atomic E-state index is 0.182. The molecule has 0 spiro atoms. The molecule has 1 rings (SSSR count). The average Bonchev–Trinajstić information content (AvgIpc) is 2.50. The highest BCUT2D eigenvalue weighted by atomic mass is 16.5. The molecule has 0 bridgehead atoms. The summed E-state index contributed by atoms with van der Waals surface area (Å²) in [6.07, 6.45) is -0.00952. The Balaban J connectivity index is 2.85. The lowest BCUT2D eigenvalue weighted by atomic mass is 9.88. The summed E-state index contributed by atoms with van der Waals surface area (Å²) >= 11 is 0. The first-order valence-electron chi connectivity index (χ1n) is 8.39. The second-order valence-corrected chi connectivity index (χ2v) is 7.70. The van der Waals surface area contributed by atoms with Gasteiger partial charge in [-0.15, -0.1) is 0 Å². The number of carboxylic acid groups (broad SMARTS) is 1. The van der Waals surface area contributed by atoms with Crippen molar-refractivity contribution in [2.45, 2.75) is 46.1 Å². The van der Waals surface area contributed by atoms with Crippen molar-refractivity contribution in [1.82, 2.24) is 10.6 Å². The summed E-state index contributed by atoms with van der Waals surface area (Å²) in [4.78, 5) is 35.4. The molecule has 0 heterocycles. The maximum absolute atomic E-state index is 12.3. The molecule has 0 saturated heterocycles. The van der Waals surface area contributed by atoms with E-state index < -0.39 is 17.4 Å². The molecular weight excluding hydrogens is 336 g/mol. The van der Waals surface area contributed by atoms with Crippen LogP contribution in [-0.4, -0.2) is 36.5 Å². The molecular formula is C19H28N2O5. The summed E-state index contributed by atoms with van der Waals surface area (Å²) in [6.45, 7) is 7.21. The number of amides is 2. The number of carbonyl (C=O) groups is 3. The van der Waals surface area contributed by atoms with E-state index in [1.165, 1.54) is 7.11 Å². The number of benzene rings is 1. The Bertz CT molecular complexity index is 666. The molecule has 1 atom stereocenters. The van der Waals surface area contributed by atoms with E-state index in [4.69, 9.17) is 4.74 Å². The molecule has 144 valence electrons. The van der Waals surface area contributed by atoms with E-state index in [1.54, 1.807) is 31.2 Å². The average molecular weight is 364 g/mol. The Morgan fingerprint density at radius 2 is 1.73 bits per heavy atom. The Labute approximate surface area is 154 Å². The number of carboxylic acids is 1. The Morgan fingerprint density at radius 3 is 2.27 bits per heavy atom. The van der Waals surface area contributed by atoms with Crippen molar-refractivity contribution in [2.24, 2.45) is 5.41 Å². The van der Waals surface area contributed by atoms with E-state index in [0.29, 0.717) is 17.7 Å². The quantitative estimate of drug-likeness (QED) is 0.655. The Hall–Kier alpha value is -2.57. The van der Waals surface area contributed by atoms with Gasteiger partial charge in [0.2, 0.25) is 11.8 Å². The third-order valence-electron chi connectivity index (χ3n) is 3.76. The van der Waals surface area contributed by atoms with Crippen LogP contribution in [0.25, 0.3) is 0 Å². The Morgan fingerprint density at radius 1 is 1.08 bits per heavy atom. The van der Waals surface area contributed by atoms with E-state index in [-0.39, 0.29) is 24.3 Å². The highest BCUT2D eigenvalue weighted by molar-refractivity contribution is 5.85. The second-order valence-electron chi connectivity index (χ2n) is 7.70. The molecule has 3 N–H and O–H groups in total. The zero-order chi connectivity index (χ0) is 20.0. The summed E-state index contributed by atoms with van der Waals surface area (Å²) in [5.41, 5.74) is -0.709. The fourth-order valence-electron chi connectivity index (χ4n) is 2.56. The van der Waals surface area contributed by atoms with Crippen molar-refractivity contribution in [2.75, 3.05) is 13.7 Å². The highest BCUT2D eigenvalue weighted by Crippen LogP contribution is 2.27. The highest BCUT2D eigenvalue weighted by Gasteiger charge is 2.32. The van der Waals surface area contributed by atoms with Crippen molar-refractivity contribution >= 4 is 17.8 Å². The fraction of sp³-hybridized carbons (Fsp3) is 0.526. The number of methoxy groups -OCH3 is 1. The zero-order valence-electron chi connectivity index (χ0n) is 16.0. The predicted molar refractivity (Wildman–Crippen MR) is 97.8 cm³/mol.